The van der Waals surface area contributed by atoms with Crippen LogP contribution in [0.3, 0.4) is 0 Å². The fourth-order valence-electron chi connectivity index (χ4n) is 0.860. The topological polar surface area (TPSA) is 33.2 Å². The van der Waals surface area contributed by atoms with Gasteiger partial charge in [-0.25, -0.2) is 4.39 Å². The number of aromatic nitrogens is 1. The maximum atomic E-state index is 12.7. The van der Waals surface area contributed by atoms with Crippen LogP contribution in [0.4, 0.5) is 4.39 Å². The number of halogens is 1. The standard InChI is InChI=1S/C10H11FN2O/c1-13(2)4-3-10(14)8-5-9(11)7-12-6-8/h3-7H,1-2H3/b4-3+. The predicted octanol–water partition coefficient (Wildman–Crippen LogP) is 1.48. The highest BCUT2D eigenvalue weighted by Crippen LogP contribution is 2.02. The average molecular weight is 194 g/mol. The fraction of sp³-hybridized carbons (Fsp3) is 0.200. The summed E-state index contributed by atoms with van der Waals surface area (Å²) in [5.74, 6) is -0.764. The molecule has 0 unspecified atom stereocenters. The number of rotatable bonds is 3. The van der Waals surface area contributed by atoms with Crippen molar-refractivity contribution in [2.45, 2.75) is 0 Å². The molecule has 0 aliphatic carbocycles. The second-order valence-corrected chi connectivity index (χ2v) is 3.04. The number of allylic oxidation sites excluding steroid dienone is 1. The lowest BCUT2D eigenvalue weighted by Crippen LogP contribution is -2.03. The fourth-order valence-corrected chi connectivity index (χ4v) is 0.860. The van der Waals surface area contributed by atoms with Crippen molar-refractivity contribution in [1.29, 1.82) is 0 Å². The third-order valence-corrected chi connectivity index (χ3v) is 1.51. The molecule has 3 nitrogen and oxygen atoms in total. The van der Waals surface area contributed by atoms with Gasteiger partial charge in [0.15, 0.2) is 5.78 Å². The average Bonchev–Trinajstić information content (AvgIpc) is 2.14. The molecule has 0 N–H and O–H groups in total. The summed E-state index contributed by atoms with van der Waals surface area (Å²) in [6, 6.07) is 1.16. The summed E-state index contributed by atoms with van der Waals surface area (Å²) < 4.78 is 12.7. The van der Waals surface area contributed by atoms with E-state index in [1.54, 1.807) is 25.2 Å². The highest BCUT2D eigenvalue weighted by molar-refractivity contribution is 6.04. The molecule has 1 aromatic heterocycles. The normalized spacial score (nSPS) is 10.5. The van der Waals surface area contributed by atoms with Gasteiger partial charge in [0.2, 0.25) is 0 Å². The molecular formula is C10H11FN2O. The molecule has 0 aromatic carbocycles. The second-order valence-electron chi connectivity index (χ2n) is 3.04. The van der Waals surface area contributed by atoms with E-state index >= 15 is 0 Å². The van der Waals surface area contributed by atoms with Gasteiger partial charge < -0.3 is 4.90 Å². The largest absolute Gasteiger partial charge is 0.383 e. The molecule has 0 amide bonds. The molecule has 0 bridgehead atoms. The van der Waals surface area contributed by atoms with Crippen molar-refractivity contribution in [3.63, 3.8) is 0 Å². The molecule has 0 fully saturated rings. The Morgan fingerprint density at radius 1 is 1.50 bits per heavy atom. The molecule has 14 heavy (non-hydrogen) atoms. The van der Waals surface area contributed by atoms with E-state index in [1.165, 1.54) is 12.3 Å². The molecule has 74 valence electrons. The summed E-state index contributed by atoms with van der Waals surface area (Å²) in [6.07, 6.45) is 5.38. The van der Waals surface area contributed by atoms with Crippen LogP contribution in [0, 0.1) is 5.82 Å². The van der Waals surface area contributed by atoms with E-state index in [4.69, 9.17) is 0 Å². The van der Waals surface area contributed by atoms with Gasteiger partial charge in [-0.15, -0.1) is 0 Å². The van der Waals surface area contributed by atoms with Gasteiger partial charge in [-0.3, -0.25) is 9.78 Å². The minimum Gasteiger partial charge on any atom is -0.383 e. The number of pyridine rings is 1. The van der Waals surface area contributed by atoms with Crippen molar-refractivity contribution in [1.82, 2.24) is 9.88 Å². The maximum absolute atomic E-state index is 12.7. The van der Waals surface area contributed by atoms with E-state index in [0.29, 0.717) is 0 Å². The quantitative estimate of drug-likeness (QED) is 0.539. The summed E-state index contributed by atoms with van der Waals surface area (Å²) in [6.45, 7) is 0. The summed E-state index contributed by atoms with van der Waals surface area (Å²) >= 11 is 0. The van der Waals surface area contributed by atoms with Crippen LogP contribution in [0.25, 0.3) is 0 Å². The number of carbonyl (C=O) groups excluding carboxylic acids is 1. The summed E-state index contributed by atoms with van der Waals surface area (Å²) in [5, 5.41) is 0. The summed E-state index contributed by atoms with van der Waals surface area (Å²) in [7, 11) is 3.60. The first-order valence-electron chi connectivity index (χ1n) is 4.09. The van der Waals surface area contributed by atoms with E-state index in [2.05, 4.69) is 4.98 Å². The van der Waals surface area contributed by atoms with E-state index in [1.807, 2.05) is 0 Å². The van der Waals surface area contributed by atoms with Crippen LogP contribution in [-0.4, -0.2) is 29.8 Å². The SMILES string of the molecule is CN(C)/C=C/C(=O)c1cncc(F)c1. The lowest BCUT2D eigenvalue weighted by atomic mass is 10.2. The Morgan fingerprint density at radius 2 is 2.21 bits per heavy atom. The number of hydrogen-bond donors (Lipinski definition) is 0. The summed E-state index contributed by atoms with van der Waals surface area (Å²) in [5.41, 5.74) is 0.253. The predicted molar refractivity (Wildman–Crippen MR) is 51.4 cm³/mol. The van der Waals surface area contributed by atoms with Gasteiger partial charge in [0.25, 0.3) is 0 Å². The maximum Gasteiger partial charge on any atom is 0.188 e. The van der Waals surface area contributed by atoms with Crippen molar-refractivity contribution in [2.24, 2.45) is 0 Å². The zero-order valence-corrected chi connectivity index (χ0v) is 8.07. The van der Waals surface area contributed by atoms with Gasteiger partial charge in [-0.1, -0.05) is 0 Å². The molecule has 0 saturated carbocycles. The van der Waals surface area contributed by atoms with Gasteiger partial charge in [0.1, 0.15) is 5.82 Å². The molecule has 0 radical (unpaired) electrons. The molecule has 0 aliphatic heterocycles. The van der Waals surface area contributed by atoms with E-state index in [9.17, 15) is 9.18 Å². The number of carbonyl (C=O) groups is 1. The molecule has 0 atom stereocenters. The van der Waals surface area contributed by atoms with Crippen molar-refractivity contribution in [3.05, 3.63) is 42.1 Å². The van der Waals surface area contributed by atoms with Crippen LogP contribution in [0.15, 0.2) is 30.7 Å². The van der Waals surface area contributed by atoms with Crippen LogP contribution in [0.1, 0.15) is 10.4 Å². The van der Waals surface area contributed by atoms with E-state index in [-0.39, 0.29) is 11.3 Å². The molecule has 0 saturated heterocycles. The third-order valence-electron chi connectivity index (χ3n) is 1.51. The molecule has 1 heterocycles. The molecular weight excluding hydrogens is 183 g/mol. The Hall–Kier alpha value is -1.71. The van der Waals surface area contributed by atoms with E-state index < -0.39 is 5.82 Å². The highest BCUT2D eigenvalue weighted by Gasteiger charge is 2.02. The lowest BCUT2D eigenvalue weighted by Gasteiger charge is -2.02. The van der Waals surface area contributed by atoms with Crippen molar-refractivity contribution in [3.8, 4) is 0 Å². The smallest absolute Gasteiger partial charge is 0.188 e. The van der Waals surface area contributed by atoms with Gasteiger partial charge in [-0.2, -0.15) is 0 Å². The molecule has 0 aliphatic rings. The zero-order chi connectivity index (χ0) is 10.6. The summed E-state index contributed by atoms with van der Waals surface area (Å²) in [4.78, 5) is 16.7. The van der Waals surface area contributed by atoms with Crippen LogP contribution >= 0.6 is 0 Å². The molecule has 1 aromatic rings. The monoisotopic (exact) mass is 194 g/mol. The highest BCUT2D eigenvalue weighted by atomic mass is 19.1. The minimum atomic E-state index is -0.505. The van der Waals surface area contributed by atoms with Gasteiger partial charge in [0, 0.05) is 38.1 Å². The van der Waals surface area contributed by atoms with Gasteiger partial charge in [-0.05, 0) is 6.07 Å². The Balaban J connectivity index is 2.80. The third kappa shape index (κ3) is 2.97. The van der Waals surface area contributed by atoms with Crippen LogP contribution in [0.2, 0.25) is 0 Å². The molecule has 0 spiro atoms. The Kier molecular flexibility index (Phi) is 3.34. The molecule has 1 rings (SSSR count). The first-order valence-corrected chi connectivity index (χ1v) is 4.09. The Bertz CT molecular complexity index is 361. The Labute approximate surface area is 81.9 Å². The first kappa shape index (κ1) is 10.4. The number of ketones is 1. The van der Waals surface area contributed by atoms with Crippen molar-refractivity contribution >= 4 is 5.78 Å². The van der Waals surface area contributed by atoms with Crippen molar-refractivity contribution < 1.29 is 9.18 Å². The van der Waals surface area contributed by atoms with Crippen LogP contribution < -0.4 is 0 Å². The molecule has 4 heteroatoms. The van der Waals surface area contributed by atoms with E-state index in [0.717, 1.165) is 12.3 Å². The zero-order valence-electron chi connectivity index (χ0n) is 8.07. The second kappa shape index (κ2) is 4.50. The first-order chi connectivity index (χ1) is 6.59. The lowest BCUT2D eigenvalue weighted by molar-refractivity contribution is 0.104. The number of hydrogen-bond acceptors (Lipinski definition) is 3. The van der Waals surface area contributed by atoms with Gasteiger partial charge >= 0.3 is 0 Å². The number of nitrogens with zero attached hydrogens (tertiary/aromatic N) is 2. The minimum absolute atomic E-state index is 0.253. The van der Waals surface area contributed by atoms with Gasteiger partial charge in [0.05, 0.1) is 6.20 Å². The van der Waals surface area contributed by atoms with Crippen LogP contribution in [0.5, 0.6) is 0 Å². The van der Waals surface area contributed by atoms with Crippen LogP contribution in [-0.2, 0) is 0 Å². The Morgan fingerprint density at radius 3 is 2.79 bits per heavy atom. The van der Waals surface area contributed by atoms with Crippen molar-refractivity contribution in [2.75, 3.05) is 14.1 Å².